The summed E-state index contributed by atoms with van der Waals surface area (Å²) in [5, 5.41) is 0. The summed E-state index contributed by atoms with van der Waals surface area (Å²) in [5.41, 5.74) is 0. The van der Waals surface area contributed by atoms with E-state index in [4.69, 9.17) is 4.74 Å². The summed E-state index contributed by atoms with van der Waals surface area (Å²) in [6.45, 7) is 5.37. The van der Waals surface area contributed by atoms with Gasteiger partial charge in [-0.15, -0.1) is 0 Å². The van der Waals surface area contributed by atoms with Crippen molar-refractivity contribution in [2.24, 2.45) is 0 Å². The van der Waals surface area contributed by atoms with Crippen LogP contribution in [0.1, 0.15) is 33.1 Å². The second-order valence-electron chi connectivity index (χ2n) is 5.63. The Hall–Kier alpha value is -1.60. The fourth-order valence-electron chi connectivity index (χ4n) is 2.62. The minimum absolute atomic E-state index is 0.124. The van der Waals surface area contributed by atoms with Crippen LogP contribution in [0.2, 0.25) is 0 Å². The van der Waals surface area contributed by atoms with E-state index in [1.165, 1.54) is 12.1 Å². The van der Waals surface area contributed by atoms with Crippen LogP contribution in [-0.4, -0.2) is 45.0 Å². The van der Waals surface area contributed by atoms with Crippen molar-refractivity contribution >= 4 is 15.9 Å². The Morgan fingerprint density at radius 2 is 1.83 bits per heavy atom. The van der Waals surface area contributed by atoms with Gasteiger partial charge in [0.15, 0.2) is 0 Å². The van der Waals surface area contributed by atoms with E-state index in [2.05, 4.69) is 4.72 Å². The molecule has 1 aliphatic heterocycles. The summed E-state index contributed by atoms with van der Waals surface area (Å²) < 4.78 is 32.5. The van der Waals surface area contributed by atoms with Gasteiger partial charge in [0, 0.05) is 13.1 Å². The highest BCUT2D eigenvalue weighted by molar-refractivity contribution is 7.89. The number of hydrogen-bond acceptors (Lipinski definition) is 4. The highest BCUT2D eigenvalue weighted by Crippen LogP contribution is 2.17. The van der Waals surface area contributed by atoms with E-state index in [0.717, 1.165) is 19.3 Å². The number of nitrogens with one attached hydrogen (secondary N) is 1. The molecule has 1 N–H and O–H groups in total. The van der Waals surface area contributed by atoms with Crippen molar-refractivity contribution in [2.45, 2.75) is 44.0 Å². The minimum atomic E-state index is -3.73. The number of amides is 1. The number of rotatable bonds is 6. The summed E-state index contributed by atoms with van der Waals surface area (Å²) in [6.07, 6.45) is 3.07. The molecule has 0 aliphatic carbocycles. The summed E-state index contributed by atoms with van der Waals surface area (Å²) in [7, 11) is -3.73. The van der Waals surface area contributed by atoms with E-state index in [9.17, 15) is 13.2 Å². The third kappa shape index (κ3) is 4.68. The van der Waals surface area contributed by atoms with Crippen LogP contribution in [0, 0.1) is 0 Å². The van der Waals surface area contributed by atoms with Gasteiger partial charge < -0.3 is 9.64 Å². The zero-order valence-corrected chi connectivity index (χ0v) is 14.4. The average molecular weight is 340 g/mol. The molecule has 0 aromatic heterocycles. The van der Waals surface area contributed by atoms with Crippen LogP contribution >= 0.6 is 0 Å². The number of benzene rings is 1. The molecule has 1 heterocycles. The zero-order valence-electron chi connectivity index (χ0n) is 13.6. The van der Waals surface area contributed by atoms with Crippen LogP contribution in [0.3, 0.4) is 0 Å². The number of likely N-dealkylation sites (tertiary alicyclic amines) is 1. The van der Waals surface area contributed by atoms with Gasteiger partial charge in [-0.3, -0.25) is 4.79 Å². The molecule has 6 nitrogen and oxygen atoms in total. The van der Waals surface area contributed by atoms with Crippen LogP contribution in [0.15, 0.2) is 29.2 Å². The van der Waals surface area contributed by atoms with Crippen molar-refractivity contribution in [3.63, 3.8) is 0 Å². The molecule has 0 spiro atoms. The average Bonchev–Trinajstić information content (AvgIpc) is 2.55. The van der Waals surface area contributed by atoms with Crippen LogP contribution in [-0.2, 0) is 14.8 Å². The van der Waals surface area contributed by atoms with Crippen LogP contribution in [0.25, 0.3) is 0 Å². The van der Waals surface area contributed by atoms with E-state index >= 15 is 0 Å². The van der Waals surface area contributed by atoms with E-state index < -0.39 is 16.1 Å². The summed E-state index contributed by atoms with van der Waals surface area (Å²) >= 11 is 0. The lowest BCUT2D eigenvalue weighted by Gasteiger charge is -2.29. The molecule has 7 heteroatoms. The minimum Gasteiger partial charge on any atom is -0.494 e. The molecule has 1 aliphatic rings. The number of ether oxygens (including phenoxy) is 1. The highest BCUT2D eigenvalue weighted by atomic mass is 32.2. The highest BCUT2D eigenvalue weighted by Gasteiger charge is 2.26. The molecule has 1 atom stereocenters. The fraction of sp³-hybridized carbons (Fsp3) is 0.562. The van der Waals surface area contributed by atoms with E-state index in [0.29, 0.717) is 25.4 Å². The molecule has 23 heavy (non-hydrogen) atoms. The zero-order chi connectivity index (χ0) is 16.9. The Morgan fingerprint density at radius 3 is 2.39 bits per heavy atom. The van der Waals surface area contributed by atoms with Gasteiger partial charge in [0.25, 0.3) is 0 Å². The molecule has 0 unspecified atom stereocenters. The summed E-state index contributed by atoms with van der Waals surface area (Å²) in [6, 6.07) is 5.39. The summed E-state index contributed by atoms with van der Waals surface area (Å²) in [4.78, 5) is 14.2. The van der Waals surface area contributed by atoms with Crippen molar-refractivity contribution in [3.8, 4) is 5.75 Å². The first-order chi connectivity index (χ1) is 10.9. The molecule has 1 aromatic carbocycles. The molecule has 0 radical (unpaired) electrons. The Labute approximate surface area is 137 Å². The fourth-order valence-corrected chi connectivity index (χ4v) is 3.82. The molecule has 2 rings (SSSR count). The Balaban J connectivity index is 2.02. The van der Waals surface area contributed by atoms with Gasteiger partial charge in [0.2, 0.25) is 15.9 Å². The van der Waals surface area contributed by atoms with E-state index in [1.807, 2.05) is 6.92 Å². The largest absolute Gasteiger partial charge is 0.494 e. The SMILES string of the molecule is CCOc1ccc(S(=O)(=O)N[C@H](C)C(=O)N2CCCCC2)cc1. The molecule has 0 saturated carbocycles. The smallest absolute Gasteiger partial charge is 0.241 e. The Bertz CT molecular complexity index is 622. The maximum atomic E-state index is 12.4. The molecular weight excluding hydrogens is 316 g/mol. The monoisotopic (exact) mass is 340 g/mol. The third-order valence-electron chi connectivity index (χ3n) is 3.82. The Morgan fingerprint density at radius 1 is 1.22 bits per heavy atom. The van der Waals surface area contributed by atoms with Crippen molar-refractivity contribution in [1.82, 2.24) is 9.62 Å². The maximum absolute atomic E-state index is 12.4. The molecule has 1 amide bonds. The topological polar surface area (TPSA) is 75.7 Å². The van der Waals surface area contributed by atoms with E-state index in [-0.39, 0.29) is 10.8 Å². The normalized spacial score (nSPS) is 16.9. The van der Waals surface area contributed by atoms with Gasteiger partial charge in [-0.25, -0.2) is 8.42 Å². The van der Waals surface area contributed by atoms with Gasteiger partial charge in [0.1, 0.15) is 5.75 Å². The first-order valence-corrected chi connectivity index (χ1v) is 9.46. The first kappa shape index (κ1) is 17.7. The van der Waals surface area contributed by atoms with Gasteiger partial charge in [0.05, 0.1) is 17.5 Å². The first-order valence-electron chi connectivity index (χ1n) is 7.98. The third-order valence-corrected chi connectivity index (χ3v) is 5.37. The standard InChI is InChI=1S/C16H24N2O4S/c1-3-22-14-7-9-15(10-8-14)23(20,21)17-13(2)16(19)18-11-5-4-6-12-18/h7-10,13,17H,3-6,11-12H2,1-2H3/t13-/m1/s1. The van der Waals surface area contributed by atoms with Gasteiger partial charge in [-0.1, -0.05) is 0 Å². The number of piperidine rings is 1. The Kier molecular flexibility index (Phi) is 6.01. The predicted molar refractivity (Wildman–Crippen MR) is 87.8 cm³/mol. The molecule has 0 bridgehead atoms. The molecule has 1 fully saturated rings. The van der Waals surface area contributed by atoms with Gasteiger partial charge in [-0.05, 0) is 57.4 Å². The van der Waals surface area contributed by atoms with Crippen LogP contribution in [0.4, 0.5) is 0 Å². The number of hydrogen-bond donors (Lipinski definition) is 1. The van der Waals surface area contributed by atoms with Crippen molar-refractivity contribution in [3.05, 3.63) is 24.3 Å². The lowest BCUT2D eigenvalue weighted by atomic mass is 10.1. The molecule has 1 aromatic rings. The van der Waals surface area contributed by atoms with Crippen molar-refractivity contribution < 1.29 is 17.9 Å². The van der Waals surface area contributed by atoms with Gasteiger partial charge in [-0.2, -0.15) is 4.72 Å². The number of nitrogens with zero attached hydrogens (tertiary/aromatic N) is 1. The second kappa shape index (κ2) is 7.79. The number of sulfonamides is 1. The predicted octanol–water partition coefficient (Wildman–Crippen LogP) is 1.76. The lowest BCUT2D eigenvalue weighted by Crippen LogP contribution is -2.48. The van der Waals surface area contributed by atoms with Crippen molar-refractivity contribution in [1.29, 1.82) is 0 Å². The second-order valence-corrected chi connectivity index (χ2v) is 7.35. The molecule has 128 valence electrons. The van der Waals surface area contributed by atoms with Crippen LogP contribution < -0.4 is 9.46 Å². The maximum Gasteiger partial charge on any atom is 0.241 e. The molecular formula is C16H24N2O4S. The number of carbonyl (C=O) groups excluding carboxylic acids is 1. The van der Waals surface area contributed by atoms with Crippen molar-refractivity contribution in [2.75, 3.05) is 19.7 Å². The van der Waals surface area contributed by atoms with Crippen LogP contribution in [0.5, 0.6) is 5.75 Å². The van der Waals surface area contributed by atoms with E-state index in [1.54, 1.807) is 24.0 Å². The van der Waals surface area contributed by atoms with Gasteiger partial charge >= 0.3 is 0 Å². The quantitative estimate of drug-likeness (QED) is 0.856. The summed E-state index contributed by atoms with van der Waals surface area (Å²) in [5.74, 6) is 0.447. The lowest BCUT2D eigenvalue weighted by molar-refractivity contribution is -0.133. The number of carbonyl (C=O) groups is 1. The molecule has 1 saturated heterocycles.